The minimum atomic E-state index is -0.858. The van der Waals surface area contributed by atoms with Crippen LogP contribution >= 0.6 is 0 Å². The molecule has 1 saturated heterocycles. The van der Waals surface area contributed by atoms with E-state index in [9.17, 15) is 4.79 Å². The number of hydrogen-bond acceptors (Lipinski definition) is 3. The Bertz CT molecular complexity index is 251. The molecule has 2 unspecified atom stereocenters. The number of nitrogens with two attached hydrogens (primary N) is 1. The molecule has 0 bridgehead atoms. The lowest BCUT2D eigenvalue weighted by Gasteiger charge is -2.22. The zero-order chi connectivity index (χ0) is 10.6. The van der Waals surface area contributed by atoms with Gasteiger partial charge in [-0.2, -0.15) is 0 Å². The third kappa shape index (κ3) is 2.47. The van der Waals surface area contributed by atoms with Gasteiger partial charge in [-0.1, -0.05) is 0 Å². The first kappa shape index (κ1) is 11.0. The first-order valence-electron chi connectivity index (χ1n) is 4.69. The van der Waals surface area contributed by atoms with E-state index in [1.807, 2.05) is 6.92 Å². The van der Waals surface area contributed by atoms with Gasteiger partial charge in [-0.05, 0) is 13.3 Å². The first-order valence-corrected chi connectivity index (χ1v) is 4.69. The van der Waals surface area contributed by atoms with Crippen LogP contribution in [0.4, 0.5) is 0 Å². The highest BCUT2D eigenvalue weighted by Gasteiger charge is 2.38. The van der Waals surface area contributed by atoms with Crippen molar-refractivity contribution < 1.29 is 9.53 Å². The third-order valence-corrected chi connectivity index (χ3v) is 2.31. The molecule has 1 rings (SSSR count). The normalized spacial score (nSPS) is 28.1. The van der Waals surface area contributed by atoms with Gasteiger partial charge in [-0.15, -0.1) is 12.3 Å². The van der Waals surface area contributed by atoms with E-state index in [4.69, 9.17) is 16.9 Å². The Morgan fingerprint density at radius 2 is 2.57 bits per heavy atom. The van der Waals surface area contributed by atoms with Gasteiger partial charge in [-0.3, -0.25) is 4.79 Å². The van der Waals surface area contributed by atoms with Gasteiger partial charge < -0.3 is 15.8 Å². The lowest BCUT2D eigenvalue weighted by molar-refractivity contribution is -0.126. The molecule has 1 heterocycles. The average Bonchev–Trinajstić information content (AvgIpc) is 2.54. The summed E-state index contributed by atoms with van der Waals surface area (Å²) in [6.45, 7) is 2.70. The molecule has 0 saturated carbocycles. The van der Waals surface area contributed by atoms with Crippen molar-refractivity contribution in [3.8, 4) is 12.3 Å². The third-order valence-electron chi connectivity index (χ3n) is 2.31. The van der Waals surface area contributed by atoms with Crippen molar-refractivity contribution in [2.45, 2.75) is 31.3 Å². The standard InChI is InChI=1S/C10H16N2O2/c1-3-4-8(2)12-9(13)10(11)5-6-14-7-10/h1,8H,4-7,11H2,2H3,(H,12,13). The summed E-state index contributed by atoms with van der Waals surface area (Å²) in [7, 11) is 0. The van der Waals surface area contributed by atoms with Crippen molar-refractivity contribution in [2.24, 2.45) is 5.73 Å². The lowest BCUT2D eigenvalue weighted by Crippen LogP contribution is -2.56. The van der Waals surface area contributed by atoms with Gasteiger partial charge in [0.1, 0.15) is 5.54 Å². The van der Waals surface area contributed by atoms with Crippen molar-refractivity contribution in [2.75, 3.05) is 13.2 Å². The lowest BCUT2D eigenvalue weighted by atomic mass is 9.99. The maximum atomic E-state index is 11.7. The van der Waals surface area contributed by atoms with Crippen LogP contribution < -0.4 is 11.1 Å². The summed E-state index contributed by atoms with van der Waals surface area (Å²) >= 11 is 0. The Morgan fingerprint density at radius 1 is 1.86 bits per heavy atom. The summed E-state index contributed by atoms with van der Waals surface area (Å²) in [5.74, 6) is 2.32. The second-order valence-corrected chi connectivity index (χ2v) is 3.74. The van der Waals surface area contributed by atoms with Crippen LogP contribution in [0.5, 0.6) is 0 Å². The van der Waals surface area contributed by atoms with Crippen LogP contribution in [0.1, 0.15) is 19.8 Å². The van der Waals surface area contributed by atoms with Gasteiger partial charge >= 0.3 is 0 Å². The molecule has 1 fully saturated rings. The number of hydrogen-bond donors (Lipinski definition) is 2. The average molecular weight is 196 g/mol. The number of carbonyl (C=O) groups is 1. The fraction of sp³-hybridized carbons (Fsp3) is 0.700. The molecular weight excluding hydrogens is 180 g/mol. The SMILES string of the molecule is C#CCC(C)NC(=O)C1(N)CCOC1. The largest absolute Gasteiger partial charge is 0.379 e. The molecule has 14 heavy (non-hydrogen) atoms. The Hall–Kier alpha value is -1.05. The van der Waals surface area contributed by atoms with Crippen molar-refractivity contribution in [1.82, 2.24) is 5.32 Å². The molecule has 0 aliphatic carbocycles. The second kappa shape index (κ2) is 4.45. The smallest absolute Gasteiger partial charge is 0.242 e. The van der Waals surface area contributed by atoms with Gasteiger partial charge in [0.05, 0.1) is 6.61 Å². The van der Waals surface area contributed by atoms with Gasteiger partial charge in [0.15, 0.2) is 0 Å². The molecule has 0 aromatic carbocycles. The molecule has 0 radical (unpaired) electrons. The molecule has 4 heteroatoms. The number of rotatable bonds is 3. The Kier molecular flexibility index (Phi) is 3.50. The monoisotopic (exact) mass is 196 g/mol. The predicted molar refractivity (Wildman–Crippen MR) is 53.4 cm³/mol. The zero-order valence-electron chi connectivity index (χ0n) is 8.38. The summed E-state index contributed by atoms with van der Waals surface area (Å²) < 4.78 is 5.10. The fourth-order valence-electron chi connectivity index (χ4n) is 1.36. The van der Waals surface area contributed by atoms with Gasteiger partial charge in [0.2, 0.25) is 5.91 Å². The van der Waals surface area contributed by atoms with Crippen LogP contribution in [-0.2, 0) is 9.53 Å². The van der Waals surface area contributed by atoms with Gasteiger partial charge in [0.25, 0.3) is 0 Å². The van der Waals surface area contributed by atoms with Gasteiger partial charge in [-0.25, -0.2) is 0 Å². The van der Waals surface area contributed by atoms with Crippen LogP contribution in [0.2, 0.25) is 0 Å². The highest BCUT2D eigenvalue weighted by molar-refractivity contribution is 5.86. The van der Waals surface area contributed by atoms with Crippen molar-refractivity contribution in [3.05, 3.63) is 0 Å². The van der Waals surface area contributed by atoms with Gasteiger partial charge in [0, 0.05) is 19.1 Å². The zero-order valence-corrected chi connectivity index (χ0v) is 8.38. The van der Waals surface area contributed by atoms with E-state index in [1.165, 1.54) is 0 Å². The first-order chi connectivity index (χ1) is 6.58. The van der Waals surface area contributed by atoms with E-state index >= 15 is 0 Å². The van der Waals surface area contributed by atoms with Crippen molar-refractivity contribution in [1.29, 1.82) is 0 Å². The molecule has 3 N–H and O–H groups in total. The van der Waals surface area contributed by atoms with E-state index in [1.54, 1.807) is 0 Å². The van der Waals surface area contributed by atoms with Crippen molar-refractivity contribution >= 4 is 5.91 Å². The number of terminal acetylenes is 1. The molecule has 4 nitrogen and oxygen atoms in total. The van der Waals surface area contributed by atoms with Crippen molar-refractivity contribution in [3.63, 3.8) is 0 Å². The van der Waals surface area contributed by atoms with Crippen LogP contribution in [0, 0.1) is 12.3 Å². The Balaban J connectivity index is 2.45. The molecular formula is C10H16N2O2. The fourth-order valence-corrected chi connectivity index (χ4v) is 1.36. The molecule has 0 aromatic heterocycles. The van der Waals surface area contributed by atoms with Crippen LogP contribution in [0.25, 0.3) is 0 Å². The maximum absolute atomic E-state index is 11.7. The van der Waals surface area contributed by atoms with Crippen LogP contribution in [0.3, 0.4) is 0 Å². The number of nitrogens with one attached hydrogen (secondary N) is 1. The molecule has 0 spiro atoms. The second-order valence-electron chi connectivity index (χ2n) is 3.74. The quantitative estimate of drug-likeness (QED) is 0.605. The number of carbonyl (C=O) groups excluding carboxylic acids is 1. The molecule has 1 aliphatic heterocycles. The molecule has 1 aliphatic rings. The Labute approximate surface area is 84.2 Å². The molecule has 1 amide bonds. The maximum Gasteiger partial charge on any atom is 0.242 e. The minimum Gasteiger partial charge on any atom is -0.379 e. The summed E-state index contributed by atoms with van der Waals surface area (Å²) in [5.41, 5.74) is 5.00. The number of amides is 1. The molecule has 0 aromatic rings. The highest BCUT2D eigenvalue weighted by atomic mass is 16.5. The van der Waals surface area contributed by atoms with E-state index in [0.717, 1.165) is 0 Å². The number of ether oxygens (including phenoxy) is 1. The summed E-state index contributed by atoms with van der Waals surface area (Å²) in [5, 5.41) is 2.78. The Morgan fingerprint density at radius 3 is 3.07 bits per heavy atom. The predicted octanol–water partition coefficient (Wildman–Crippen LogP) is -0.368. The van der Waals surface area contributed by atoms with E-state index < -0.39 is 5.54 Å². The van der Waals surface area contributed by atoms with E-state index in [0.29, 0.717) is 26.1 Å². The topological polar surface area (TPSA) is 64.4 Å². The van der Waals surface area contributed by atoms with Crippen LogP contribution in [-0.4, -0.2) is 30.7 Å². The van der Waals surface area contributed by atoms with Crippen LogP contribution in [0.15, 0.2) is 0 Å². The summed E-state index contributed by atoms with van der Waals surface area (Å²) in [6.07, 6.45) is 6.22. The molecule has 78 valence electrons. The van der Waals surface area contributed by atoms with E-state index in [2.05, 4.69) is 11.2 Å². The van der Waals surface area contributed by atoms with E-state index in [-0.39, 0.29) is 11.9 Å². The summed E-state index contributed by atoms with van der Waals surface area (Å²) in [4.78, 5) is 11.7. The minimum absolute atomic E-state index is 0.0338. The molecule has 2 atom stereocenters. The highest BCUT2D eigenvalue weighted by Crippen LogP contribution is 2.15. The summed E-state index contributed by atoms with van der Waals surface area (Å²) in [6, 6.07) is -0.0338.